The molecule has 0 radical (unpaired) electrons. The third-order valence-electron chi connectivity index (χ3n) is 1.88. The Kier molecular flexibility index (Phi) is 1.02. The average Bonchev–Trinajstić information content (AvgIpc) is 1.68. The van der Waals surface area contributed by atoms with Crippen LogP contribution in [0.3, 0.4) is 0 Å². The van der Waals surface area contributed by atoms with Crippen molar-refractivity contribution in [3.05, 3.63) is 0 Å². The van der Waals surface area contributed by atoms with E-state index in [0.717, 1.165) is 7.28 Å². The van der Waals surface area contributed by atoms with Gasteiger partial charge in [0, 0.05) is 5.58 Å². The molecule has 1 nitrogen and oxygen atoms in total. The van der Waals surface area contributed by atoms with Gasteiger partial charge >= 0.3 is 0 Å². The van der Waals surface area contributed by atoms with E-state index in [9.17, 15) is 4.79 Å². The summed E-state index contributed by atoms with van der Waals surface area (Å²) in [5.41, 5.74) is 1.10. The second-order valence-electron chi connectivity index (χ2n) is 2.44. The Balaban J connectivity index is 2.43. The normalized spacial score (nSPS) is 29.0. The van der Waals surface area contributed by atoms with E-state index in [2.05, 4.69) is 6.92 Å². The van der Waals surface area contributed by atoms with Gasteiger partial charge in [-0.2, -0.15) is 0 Å². The standard InChI is InChI=1S/C3H7B3O/c1-2-5-3(7)6(2)4/h2,5H,4H2,1H3. The lowest BCUT2D eigenvalue weighted by molar-refractivity contribution is 0.272. The molecule has 1 atom stereocenters. The van der Waals surface area contributed by atoms with E-state index in [4.69, 9.17) is 0 Å². The van der Waals surface area contributed by atoms with Gasteiger partial charge in [-0.05, 0) is 0 Å². The van der Waals surface area contributed by atoms with Crippen molar-refractivity contribution in [1.82, 2.24) is 0 Å². The second kappa shape index (κ2) is 1.43. The molecule has 1 saturated heterocycles. The predicted octanol–water partition coefficient (Wildman–Crippen LogP) is -0.890. The predicted molar refractivity (Wildman–Crippen MR) is 36.3 cm³/mol. The van der Waals surface area contributed by atoms with Crippen molar-refractivity contribution in [2.45, 2.75) is 12.6 Å². The van der Waals surface area contributed by atoms with Gasteiger partial charge in [-0.3, -0.25) is 0 Å². The van der Waals surface area contributed by atoms with Crippen LogP contribution in [0.25, 0.3) is 0 Å². The highest BCUT2D eigenvalue weighted by Crippen LogP contribution is 2.16. The highest BCUT2D eigenvalue weighted by atomic mass is 16.1. The smallest absolute Gasteiger partial charge is 0.186 e. The summed E-state index contributed by atoms with van der Waals surface area (Å²) >= 11 is 0. The second-order valence-corrected chi connectivity index (χ2v) is 2.44. The zero-order valence-electron chi connectivity index (χ0n) is 4.77. The zero-order valence-corrected chi connectivity index (χ0v) is 4.77. The van der Waals surface area contributed by atoms with E-state index in [1.54, 1.807) is 0 Å². The lowest BCUT2D eigenvalue weighted by Gasteiger charge is -2.24. The Morgan fingerprint density at radius 3 is 2.57 bits per heavy atom. The van der Waals surface area contributed by atoms with Crippen molar-refractivity contribution >= 4 is 27.2 Å². The van der Waals surface area contributed by atoms with E-state index in [1.807, 2.05) is 7.74 Å². The van der Waals surface area contributed by atoms with Gasteiger partial charge in [0.25, 0.3) is 0 Å². The Hall–Kier alpha value is -0.135. The van der Waals surface area contributed by atoms with Gasteiger partial charge in [0.15, 0.2) is 13.9 Å². The number of carbonyl (C=O) groups is 1. The van der Waals surface area contributed by atoms with Crippen LogP contribution in [0.5, 0.6) is 0 Å². The molecule has 34 valence electrons. The van der Waals surface area contributed by atoms with Crippen LogP contribution in [0.1, 0.15) is 6.92 Å². The Bertz CT molecular complexity index is 102. The summed E-state index contributed by atoms with van der Waals surface area (Å²) in [7, 11) is 2.82. The van der Waals surface area contributed by atoms with E-state index in [-0.39, 0.29) is 0 Å². The van der Waals surface area contributed by atoms with Crippen molar-refractivity contribution in [3.8, 4) is 0 Å². The summed E-state index contributed by atoms with van der Waals surface area (Å²) in [5, 5.41) is 0. The summed E-state index contributed by atoms with van der Waals surface area (Å²) in [6.45, 7) is 2.48. The van der Waals surface area contributed by atoms with E-state index >= 15 is 0 Å². The maximum absolute atomic E-state index is 10.4. The molecule has 7 heavy (non-hydrogen) atoms. The molecule has 0 spiro atoms. The average molecular weight is 91.5 g/mol. The molecule has 1 rings (SSSR count). The quantitative estimate of drug-likeness (QED) is 0.354. The summed E-state index contributed by atoms with van der Waals surface area (Å²) in [4.78, 5) is 10.4. The van der Waals surface area contributed by atoms with Crippen LogP contribution < -0.4 is 0 Å². The van der Waals surface area contributed by atoms with Gasteiger partial charge in [-0.25, -0.2) is 0 Å². The van der Waals surface area contributed by atoms with E-state index in [1.165, 1.54) is 0 Å². The summed E-state index contributed by atoms with van der Waals surface area (Å²) in [6, 6.07) is 0. The van der Waals surface area contributed by atoms with Crippen LogP contribution in [0, 0.1) is 0 Å². The highest BCUT2D eigenvalue weighted by molar-refractivity contribution is 7.42. The Labute approximate surface area is 45.6 Å². The van der Waals surface area contributed by atoms with Gasteiger partial charge in [0.1, 0.15) is 0 Å². The number of carbonyl (C=O) groups excluding carboxylic acids is 1. The van der Waals surface area contributed by atoms with Crippen molar-refractivity contribution in [2.75, 3.05) is 0 Å². The third kappa shape index (κ3) is 0.622. The van der Waals surface area contributed by atoms with Crippen LogP contribution in [-0.4, -0.2) is 27.2 Å². The van der Waals surface area contributed by atoms with Crippen LogP contribution in [0.2, 0.25) is 5.72 Å². The van der Waals surface area contributed by atoms with Gasteiger partial charge in [-0.15, -0.1) is 0 Å². The topological polar surface area (TPSA) is 17.1 Å². The molecule has 0 aliphatic carbocycles. The van der Waals surface area contributed by atoms with Gasteiger partial charge in [-0.1, -0.05) is 12.6 Å². The molecular weight excluding hydrogens is 84.5 g/mol. The SMILES string of the molecule is BB1C(=O)BC1C. The zero-order chi connectivity index (χ0) is 5.44. The molecule has 1 aliphatic heterocycles. The molecule has 0 aromatic rings. The first-order valence-electron chi connectivity index (χ1n) is 2.74. The van der Waals surface area contributed by atoms with Crippen LogP contribution in [0.15, 0.2) is 0 Å². The van der Waals surface area contributed by atoms with Crippen molar-refractivity contribution in [2.24, 2.45) is 0 Å². The largest absolute Gasteiger partial charge is 0.323 e. The van der Waals surface area contributed by atoms with E-state index in [0.29, 0.717) is 17.9 Å². The van der Waals surface area contributed by atoms with Crippen molar-refractivity contribution < 1.29 is 4.79 Å². The molecule has 0 N–H and O–H groups in total. The molecule has 1 aliphatic rings. The first-order chi connectivity index (χ1) is 3.22. The monoisotopic (exact) mass is 92.1 g/mol. The minimum atomic E-state index is 0.361. The highest BCUT2D eigenvalue weighted by Gasteiger charge is 2.35. The van der Waals surface area contributed by atoms with Crippen LogP contribution in [0.4, 0.5) is 4.79 Å². The first kappa shape index (κ1) is 5.01. The van der Waals surface area contributed by atoms with Crippen LogP contribution in [-0.2, 0) is 0 Å². The maximum atomic E-state index is 10.4. The molecule has 0 aromatic heterocycles. The van der Waals surface area contributed by atoms with Gasteiger partial charge < -0.3 is 4.79 Å². The molecule has 1 heterocycles. The first-order valence-corrected chi connectivity index (χ1v) is 2.74. The molecule has 4 heteroatoms. The van der Waals surface area contributed by atoms with Crippen molar-refractivity contribution in [3.63, 3.8) is 0 Å². The lowest BCUT2D eigenvalue weighted by Crippen LogP contribution is -2.49. The molecule has 0 bridgehead atoms. The molecule has 0 saturated carbocycles. The molecule has 0 amide bonds. The minimum absolute atomic E-state index is 0.361. The lowest BCUT2D eigenvalue weighted by atomic mass is 9.03. The number of rotatable bonds is 0. The fourth-order valence-electron chi connectivity index (χ4n) is 0.837. The Morgan fingerprint density at radius 2 is 2.57 bits per heavy atom. The van der Waals surface area contributed by atoms with E-state index < -0.39 is 0 Å². The van der Waals surface area contributed by atoms with Crippen LogP contribution >= 0.6 is 0 Å². The summed E-state index contributed by atoms with van der Waals surface area (Å²) in [5.74, 6) is 0. The molecule has 1 unspecified atom stereocenters. The number of hydrogen-bond donors (Lipinski definition) is 0. The fraction of sp³-hybridized carbons (Fsp3) is 0.667. The van der Waals surface area contributed by atoms with Gasteiger partial charge in [0.05, 0.1) is 7.74 Å². The molecule has 1 fully saturated rings. The number of hydrogen-bond acceptors (Lipinski definition) is 1. The van der Waals surface area contributed by atoms with Gasteiger partial charge in [0.2, 0.25) is 0 Å². The van der Waals surface area contributed by atoms with Crippen molar-refractivity contribution in [1.29, 1.82) is 0 Å². The Morgan fingerprint density at radius 1 is 2.00 bits per heavy atom. The third-order valence-corrected chi connectivity index (χ3v) is 1.88. The molecule has 0 aromatic carbocycles. The summed E-state index contributed by atoms with van der Waals surface area (Å²) in [6.07, 6.45) is 0. The fourth-order valence-corrected chi connectivity index (χ4v) is 0.837. The molecular formula is C3H7B3O. The maximum Gasteiger partial charge on any atom is 0.186 e. The summed E-state index contributed by atoms with van der Waals surface area (Å²) < 4.78 is 0. The minimum Gasteiger partial charge on any atom is -0.323 e.